The van der Waals surface area contributed by atoms with Crippen LogP contribution in [0, 0.1) is 0 Å². The van der Waals surface area contributed by atoms with E-state index < -0.39 is 11.3 Å². The molecular weight excluding hydrogens is 230 g/mol. The fraction of sp³-hybridized carbons (Fsp3) is 0.667. The summed E-state index contributed by atoms with van der Waals surface area (Å²) in [5.41, 5.74) is 10.6. The van der Waals surface area contributed by atoms with Crippen LogP contribution < -0.4 is 16.8 Å². The Kier molecular flexibility index (Phi) is 8.78. The van der Waals surface area contributed by atoms with Gasteiger partial charge in [-0.15, -0.1) is 11.8 Å². The molecule has 0 aliphatic rings. The van der Waals surface area contributed by atoms with Crippen LogP contribution in [0.2, 0.25) is 0 Å². The van der Waals surface area contributed by atoms with Crippen LogP contribution in [0.4, 0.5) is 0 Å². The van der Waals surface area contributed by atoms with Crippen molar-refractivity contribution in [3.63, 3.8) is 0 Å². The van der Waals surface area contributed by atoms with Crippen molar-refractivity contribution in [1.29, 1.82) is 0 Å². The number of nitrogens with two attached hydrogens (primary N) is 2. The van der Waals surface area contributed by atoms with Gasteiger partial charge in [0.1, 0.15) is 12.6 Å². The summed E-state index contributed by atoms with van der Waals surface area (Å²) in [5.74, 6) is 0.103. The van der Waals surface area contributed by atoms with Crippen molar-refractivity contribution < 1.29 is 14.4 Å². The van der Waals surface area contributed by atoms with Crippen molar-refractivity contribution in [3.05, 3.63) is 0 Å². The second-order valence-corrected chi connectivity index (χ2v) is 4.42. The molecule has 0 bridgehead atoms. The summed E-state index contributed by atoms with van der Waals surface area (Å²) in [6.45, 7) is 0.754. The molecule has 0 fully saturated rings. The molecule has 5 N–H and O–H groups in total. The smallest absolute Gasteiger partial charge is 0.221 e. The van der Waals surface area contributed by atoms with E-state index in [-0.39, 0.29) is 12.3 Å². The molecule has 16 heavy (non-hydrogen) atoms. The highest BCUT2D eigenvalue weighted by Crippen LogP contribution is 2.12. The van der Waals surface area contributed by atoms with Gasteiger partial charge in [-0.2, -0.15) is 0 Å². The molecule has 0 radical (unpaired) electrons. The van der Waals surface area contributed by atoms with Crippen LogP contribution in [-0.4, -0.2) is 48.6 Å². The third-order valence-corrected chi connectivity index (χ3v) is 2.97. The third kappa shape index (κ3) is 7.38. The standard InChI is InChI=1S/C9H17N3O3S/c10-1-2-12-9(15)3-8(5-14)16-6-7(11)4-13/h4-5,7-8H,1-3,6,10-11H2,(H,12,15)/t7-,8?/m0/s1. The van der Waals surface area contributed by atoms with Crippen molar-refractivity contribution in [1.82, 2.24) is 5.32 Å². The number of hydrogen-bond donors (Lipinski definition) is 3. The molecule has 7 heteroatoms. The molecule has 2 atom stereocenters. The van der Waals surface area contributed by atoms with E-state index in [2.05, 4.69) is 5.32 Å². The second-order valence-electron chi connectivity index (χ2n) is 3.15. The van der Waals surface area contributed by atoms with Gasteiger partial charge in [0.15, 0.2) is 0 Å². The van der Waals surface area contributed by atoms with Crippen LogP contribution in [0.3, 0.4) is 0 Å². The summed E-state index contributed by atoms with van der Waals surface area (Å²) in [6.07, 6.45) is 1.38. The first-order chi connectivity index (χ1) is 7.63. The molecule has 1 amide bonds. The summed E-state index contributed by atoms with van der Waals surface area (Å²) in [6, 6.07) is -0.598. The zero-order valence-corrected chi connectivity index (χ0v) is 9.74. The third-order valence-electron chi connectivity index (χ3n) is 1.68. The highest BCUT2D eigenvalue weighted by atomic mass is 32.2. The van der Waals surface area contributed by atoms with Crippen molar-refractivity contribution in [3.8, 4) is 0 Å². The number of aldehydes is 2. The zero-order valence-electron chi connectivity index (χ0n) is 8.93. The maximum atomic E-state index is 11.2. The normalized spacial score (nSPS) is 13.9. The summed E-state index contributed by atoms with van der Waals surface area (Å²) >= 11 is 1.20. The summed E-state index contributed by atoms with van der Waals surface area (Å²) in [7, 11) is 0. The molecule has 0 aliphatic carbocycles. The van der Waals surface area contributed by atoms with Crippen LogP contribution in [0.1, 0.15) is 6.42 Å². The van der Waals surface area contributed by atoms with Gasteiger partial charge in [0.25, 0.3) is 0 Å². The minimum Gasteiger partial charge on any atom is -0.355 e. The minimum atomic E-state index is -0.598. The number of nitrogens with one attached hydrogen (secondary N) is 1. The van der Waals surface area contributed by atoms with Gasteiger partial charge in [0, 0.05) is 25.3 Å². The Morgan fingerprint density at radius 2 is 2.06 bits per heavy atom. The predicted octanol–water partition coefficient (Wildman–Crippen LogP) is -1.72. The van der Waals surface area contributed by atoms with Gasteiger partial charge in [-0.05, 0) is 0 Å². The van der Waals surface area contributed by atoms with Crippen molar-refractivity contribution >= 4 is 30.2 Å². The van der Waals surface area contributed by atoms with Gasteiger partial charge in [0.05, 0.1) is 11.3 Å². The Labute approximate surface area is 98.5 Å². The SMILES string of the molecule is NCCNC(=O)CC(C=O)SC[C@@H](N)C=O. The van der Waals surface area contributed by atoms with Gasteiger partial charge in [-0.1, -0.05) is 0 Å². The van der Waals surface area contributed by atoms with E-state index in [9.17, 15) is 14.4 Å². The Morgan fingerprint density at radius 1 is 1.38 bits per heavy atom. The topological polar surface area (TPSA) is 115 Å². The molecule has 0 spiro atoms. The zero-order chi connectivity index (χ0) is 12.4. The quantitative estimate of drug-likeness (QED) is 0.417. The lowest BCUT2D eigenvalue weighted by Crippen LogP contribution is -2.32. The molecular formula is C9H17N3O3S. The number of carbonyl (C=O) groups excluding carboxylic acids is 3. The highest BCUT2D eigenvalue weighted by molar-refractivity contribution is 8.00. The fourth-order valence-corrected chi connectivity index (χ4v) is 1.78. The molecule has 0 saturated carbocycles. The van der Waals surface area contributed by atoms with Gasteiger partial charge < -0.3 is 26.4 Å². The Hall–Kier alpha value is -0.920. The van der Waals surface area contributed by atoms with E-state index in [0.717, 1.165) is 0 Å². The molecule has 1 unspecified atom stereocenters. The Bertz CT molecular complexity index is 238. The Morgan fingerprint density at radius 3 is 2.56 bits per heavy atom. The monoisotopic (exact) mass is 247 g/mol. The first kappa shape index (κ1) is 15.1. The van der Waals surface area contributed by atoms with Crippen LogP contribution in [0.25, 0.3) is 0 Å². The first-order valence-corrected chi connectivity index (χ1v) is 5.93. The van der Waals surface area contributed by atoms with Crippen molar-refractivity contribution in [2.75, 3.05) is 18.8 Å². The molecule has 0 aromatic heterocycles. The summed E-state index contributed by atoms with van der Waals surface area (Å²) in [5, 5.41) is 2.09. The lowest BCUT2D eigenvalue weighted by Gasteiger charge is -2.11. The second kappa shape index (κ2) is 9.32. The average molecular weight is 247 g/mol. The van der Waals surface area contributed by atoms with E-state index in [4.69, 9.17) is 11.5 Å². The van der Waals surface area contributed by atoms with E-state index in [1.165, 1.54) is 11.8 Å². The number of amides is 1. The van der Waals surface area contributed by atoms with E-state index in [1.807, 2.05) is 0 Å². The summed E-state index contributed by atoms with van der Waals surface area (Å²) < 4.78 is 0. The number of hydrogen-bond acceptors (Lipinski definition) is 6. The number of rotatable bonds is 9. The van der Waals surface area contributed by atoms with Gasteiger partial charge >= 0.3 is 0 Å². The maximum Gasteiger partial charge on any atom is 0.221 e. The summed E-state index contributed by atoms with van der Waals surface area (Å²) in [4.78, 5) is 32.2. The van der Waals surface area contributed by atoms with Crippen LogP contribution in [0.15, 0.2) is 0 Å². The molecule has 0 aromatic carbocycles. The van der Waals surface area contributed by atoms with Crippen LogP contribution in [-0.2, 0) is 14.4 Å². The lowest BCUT2D eigenvalue weighted by molar-refractivity contribution is -0.122. The fourth-order valence-electron chi connectivity index (χ4n) is 0.887. The molecule has 0 saturated heterocycles. The number of thioether (sulfide) groups is 1. The van der Waals surface area contributed by atoms with Gasteiger partial charge in [-0.25, -0.2) is 0 Å². The van der Waals surface area contributed by atoms with Gasteiger partial charge in [-0.3, -0.25) is 4.79 Å². The molecule has 92 valence electrons. The molecule has 0 aliphatic heterocycles. The number of carbonyl (C=O) groups is 3. The first-order valence-electron chi connectivity index (χ1n) is 4.88. The van der Waals surface area contributed by atoms with Crippen molar-refractivity contribution in [2.45, 2.75) is 17.7 Å². The molecule has 0 heterocycles. The minimum absolute atomic E-state index is 0.0831. The van der Waals surface area contributed by atoms with Gasteiger partial charge in [0.2, 0.25) is 5.91 Å². The molecule has 0 aromatic rings. The highest BCUT2D eigenvalue weighted by Gasteiger charge is 2.14. The molecule has 0 rings (SSSR count). The van der Waals surface area contributed by atoms with E-state index in [0.29, 0.717) is 31.4 Å². The van der Waals surface area contributed by atoms with E-state index >= 15 is 0 Å². The molecule has 6 nitrogen and oxygen atoms in total. The maximum absolute atomic E-state index is 11.2. The average Bonchev–Trinajstić information content (AvgIpc) is 2.31. The van der Waals surface area contributed by atoms with Crippen LogP contribution in [0.5, 0.6) is 0 Å². The van der Waals surface area contributed by atoms with Crippen molar-refractivity contribution in [2.24, 2.45) is 11.5 Å². The van der Waals surface area contributed by atoms with E-state index in [1.54, 1.807) is 0 Å². The van der Waals surface area contributed by atoms with Crippen LogP contribution >= 0.6 is 11.8 Å². The Balaban J connectivity index is 3.86. The predicted molar refractivity (Wildman–Crippen MR) is 63.0 cm³/mol. The largest absolute Gasteiger partial charge is 0.355 e. The lowest BCUT2D eigenvalue weighted by atomic mass is 10.3.